The van der Waals surface area contributed by atoms with E-state index in [1.165, 1.54) is 0 Å². The van der Waals surface area contributed by atoms with Gasteiger partial charge < -0.3 is 15.4 Å². The molecule has 1 fully saturated rings. The van der Waals surface area contributed by atoms with Crippen LogP contribution in [-0.4, -0.2) is 43.8 Å². The van der Waals surface area contributed by atoms with Crippen LogP contribution in [0.5, 0.6) is 0 Å². The first kappa shape index (κ1) is 10.5. The van der Waals surface area contributed by atoms with Crippen LogP contribution in [0.3, 0.4) is 0 Å². The lowest BCUT2D eigenvalue weighted by molar-refractivity contribution is 0.178. The molecule has 0 bridgehead atoms. The van der Waals surface area contributed by atoms with Crippen LogP contribution in [-0.2, 0) is 4.74 Å². The molecule has 2 N–H and O–H groups in total. The maximum absolute atomic E-state index is 8.79. The lowest BCUT2D eigenvalue weighted by atomic mass is 10.0. The number of methoxy groups -OCH3 is 1. The molecule has 1 atom stereocenters. The van der Waals surface area contributed by atoms with Crippen molar-refractivity contribution in [3.8, 4) is 6.07 Å². The second-order valence-electron chi connectivity index (χ2n) is 3.64. The fourth-order valence-electron chi connectivity index (χ4n) is 1.63. The number of hydrogen-bond donors (Lipinski definition) is 1. The predicted molar refractivity (Wildman–Crippen MR) is 50.1 cm³/mol. The molecule has 1 aliphatic heterocycles. The number of likely N-dealkylation sites (tertiary alicyclic amines) is 1. The van der Waals surface area contributed by atoms with E-state index in [2.05, 4.69) is 11.0 Å². The van der Waals surface area contributed by atoms with Crippen LogP contribution in [0.4, 0.5) is 0 Å². The van der Waals surface area contributed by atoms with Gasteiger partial charge in [-0.25, -0.2) is 0 Å². The van der Waals surface area contributed by atoms with Crippen molar-refractivity contribution >= 4 is 0 Å². The van der Waals surface area contributed by atoms with Gasteiger partial charge in [0.05, 0.1) is 6.07 Å². The highest BCUT2D eigenvalue weighted by atomic mass is 16.5. The molecular weight excluding hydrogens is 166 g/mol. The molecule has 0 aromatic heterocycles. The van der Waals surface area contributed by atoms with E-state index in [4.69, 9.17) is 15.7 Å². The predicted octanol–water partition coefficient (Wildman–Crippen LogP) is -0.0503. The Morgan fingerprint density at radius 2 is 2.46 bits per heavy atom. The van der Waals surface area contributed by atoms with Crippen LogP contribution in [0.15, 0.2) is 0 Å². The summed E-state index contributed by atoms with van der Waals surface area (Å²) in [6.45, 7) is 3.40. The maximum Gasteiger partial charge on any atom is 0.118 e. The lowest BCUT2D eigenvalue weighted by Crippen LogP contribution is -2.41. The summed E-state index contributed by atoms with van der Waals surface area (Å²) in [5.41, 5.74) is 5.21. The van der Waals surface area contributed by atoms with E-state index in [1.54, 1.807) is 7.11 Å². The lowest BCUT2D eigenvalue weighted by Gasteiger charge is -2.17. The minimum atomic E-state index is -0.604. The van der Waals surface area contributed by atoms with E-state index in [0.717, 1.165) is 32.5 Å². The topological polar surface area (TPSA) is 62.3 Å². The Labute approximate surface area is 79.3 Å². The molecule has 13 heavy (non-hydrogen) atoms. The van der Waals surface area contributed by atoms with E-state index in [-0.39, 0.29) is 0 Å². The Kier molecular flexibility index (Phi) is 3.67. The monoisotopic (exact) mass is 183 g/mol. The molecular formula is C9H17N3O. The van der Waals surface area contributed by atoms with E-state index in [9.17, 15) is 0 Å². The van der Waals surface area contributed by atoms with Crippen LogP contribution in [0.1, 0.15) is 12.8 Å². The molecule has 1 heterocycles. The average molecular weight is 183 g/mol. The molecule has 4 nitrogen and oxygen atoms in total. The van der Waals surface area contributed by atoms with Crippen molar-refractivity contribution < 1.29 is 4.74 Å². The average Bonchev–Trinajstić information content (AvgIpc) is 2.50. The number of nitrogens with two attached hydrogens (primary N) is 1. The molecule has 0 amide bonds. The van der Waals surface area contributed by atoms with Gasteiger partial charge in [-0.05, 0) is 12.8 Å². The fraction of sp³-hybridized carbons (Fsp3) is 0.889. The number of rotatable bonds is 4. The highest BCUT2D eigenvalue weighted by molar-refractivity contribution is 5.10. The van der Waals surface area contributed by atoms with Crippen molar-refractivity contribution in [2.75, 3.05) is 33.4 Å². The zero-order valence-electron chi connectivity index (χ0n) is 8.12. The molecule has 0 aromatic carbocycles. The van der Waals surface area contributed by atoms with Gasteiger partial charge in [-0.2, -0.15) is 5.26 Å². The van der Waals surface area contributed by atoms with Gasteiger partial charge in [-0.1, -0.05) is 0 Å². The van der Waals surface area contributed by atoms with Gasteiger partial charge in [0.25, 0.3) is 0 Å². The van der Waals surface area contributed by atoms with E-state index >= 15 is 0 Å². The molecule has 0 spiro atoms. The first-order valence-electron chi connectivity index (χ1n) is 4.61. The van der Waals surface area contributed by atoms with Crippen LogP contribution >= 0.6 is 0 Å². The fourth-order valence-corrected chi connectivity index (χ4v) is 1.63. The van der Waals surface area contributed by atoms with Gasteiger partial charge in [-0.3, -0.25) is 0 Å². The summed E-state index contributed by atoms with van der Waals surface area (Å²) in [6, 6.07) is 2.17. The van der Waals surface area contributed by atoms with Crippen molar-refractivity contribution in [1.29, 1.82) is 5.26 Å². The minimum absolute atomic E-state index is 0.604. The molecule has 1 rings (SSSR count). The third-order valence-electron chi connectivity index (χ3n) is 2.43. The van der Waals surface area contributed by atoms with Crippen molar-refractivity contribution in [3.63, 3.8) is 0 Å². The largest absolute Gasteiger partial charge is 0.385 e. The van der Waals surface area contributed by atoms with E-state index < -0.39 is 5.54 Å². The maximum atomic E-state index is 8.79. The molecule has 1 saturated heterocycles. The molecule has 1 aliphatic rings. The van der Waals surface area contributed by atoms with Crippen molar-refractivity contribution in [2.24, 2.45) is 5.73 Å². The Morgan fingerprint density at radius 1 is 1.69 bits per heavy atom. The smallest absolute Gasteiger partial charge is 0.118 e. The molecule has 74 valence electrons. The van der Waals surface area contributed by atoms with E-state index in [0.29, 0.717) is 6.54 Å². The van der Waals surface area contributed by atoms with E-state index in [1.807, 2.05) is 0 Å². The first-order valence-corrected chi connectivity index (χ1v) is 4.61. The second-order valence-corrected chi connectivity index (χ2v) is 3.64. The van der Waals surface area contributed by atoms with Crippen LogP contribution in [0.25, 0.3) is 0 Å². The molecule has 1 unspecified atom stereocenters. The quantitative estimate of drug-likeness (QED) is 0.621. The summed E-state index contributed by atoms with van der Waals surface area (Å²) in [5.74, 6) is 0. The summed E-state index contributed by atoms with van der Waals surface area (Å²) >= 11 is 0. The number of nitriles is 1. The number of hydrogen-bond acceptors (Lipinski definition) is 4. The standard InChI is InChI=1S/C9H17N3O/c1-13-6-2-4-12-5-3-9(11,7-10)8-12/h2-6,8,11H2,1H3. The summed E-state index contributed by atoms with van der Waals surface area (Å²) < 4.78 is 4.96. The Bertz CT molecular complexity index is 202. The summed E-state index contributed by atoms with van der Waals surface area (Å²) in [7, 11) is 1.70. The Hall–Kier alpha value is -0.630. The molecule has 0 aromatic rings. The molecule has 0 radical (unpaired) electrons. The van der Waals surface area contributed by atoms with Gasteiger partial charge >= 0.3 is 0 Å². The highest BCUT2D eigenvalue weighted by Crippen LogP contribution is 2.17. The van der Waals surface area contributed by atoms with Crippen LogP contribution < -0.4 is 5.73 Å². The third-order valence-corrected chi connectivity index (χ3v) is 2.43. The van der Waals surface area contributed by atoms with Crippen molar-refractivity contribution in [1.82, 2.24) is 4.90 Å². The van der Waals surface area contributed by atoms with Gasteiger partial charge in [0, 0.05) is 33.4 Å². The zero-order valence-corrected chi connectivity index (χ0v) is 8.12. The molecule has 4 heteroatoms. The van der Waals surface area contributed by atoms with Crippen LogP contribution in [0, 0.1) is 11.3 Å². The van der Waals surface area contributed by atoms with Gasteiger partial charge in [0.2, 0.25) is 0 Å². The zero-order chi connectivity index (χ0) is 9.73. The van der Waals surface area contributed by atoms with Gasteiger partial charge in [0.15, 0.2) is 0 Å². The third kappa shape index (κ3) is 2.96. The Morgan fingerprint density at radius 3 is 3.00 bits per heavy atom. The van der Waals surface area contributed by atoms with Crippen molar-refractivity contribution in [3.05, 3.63) is 0 Å². The van der Waals surface area contributed by atoms with Gasteiger partial charge in [0.1, 0.15) is 5.54 Å². The second kappa shape index (κ2) is 4.56. The molecule has 0 aliphatic carbocycles. The summed E-state index contributed by atoms with van der Waals surface area (Å²) in [6.07, 6.45) is 1.80. The first-order chi connectivity index (χ1) is 6.20. The summed E-state index contributed by atoms with van der Waals surface area (Å²) in [5, 5.41) is 8.79. The Balaban J connectivity index is 2.22. The van der Waals surface area contributed by atoms with Crippen LogP contribution in [0.2, 0.25) is 0 Å². The highest BCUT2D eigenvalue weighted by Gasteiger charge is 2.33. The van der Waals surface area contributed by atoms with Gasteiger partial charge in [-0.15, -0.1) is 0 Å². The normalized spacial score (nSPS) is 29.0. The number of nitrogens with zero attached hydrogens (tertiary/aromatic N) is 2. The summed E-state index contributed by atoms with van der Waals surface area (Å²) in [4.78, 5) is 2.22. The minimum Gasteiger partial charge on any atom is -0.385 e. The SMILES string of the molecule is COCCCN1CCC(N)(C#N)C1. The van der Waals surface area contributed by atoms with Crippen molar-refractivity contribution in [2.45, 2.75) is 18.4 Å². The molecule has 0 saturated carbocycles. The number of ether oxygens (including phenoxy) is 1.